The van der Waals surface area contributed by atoms with Gasteiger partial charge in [-0.2, -0.15) is 0 Å². The fourth-order valence-electron chi connectivity index (χ4n) is 3.02. The van der Waals surface area contributed by atoms with E-state index >= 15 is 0 Å². The third-order valence-electron chi connectivity index (χ3n) is 4.31. The summed E-state index contributed by atoms with van der Waals surface area (Å²) in [7, 11) is -3.07. The molecule has 0 aliphatic carbocycles. The van der Waals surface area contributed by atoms with Crippen LogP contribution in [0.3, 0.4) is 0 Å². The summed E-state index contributed by atoms with van der Waals surface area (Å²) in [6.45, 7) is 9.42. The fourth-order valence-corrected chi connectivity index (χ4v) is 4.19. The van der Waals surface area contributed by atoms with Crippen LogP contribution in [0.2, 0.25) is 0 Å². The number of nitrogens with one attached hydrogen (secondary N) is 1. The summed E-state index contributed by atoms with van der Waals surface area (Å²) < 4.78 is 31.7. The van der Waals surface area contributed by atoms with Crippen LogP contribution in [0.4, 0.5) is 0 Å². The molecule has 1 aliphatic heterocycles. The summed E-state index contributed by atoms with van der Waals surface area (Å²) in [6, 6.07) is 2.11. The van der Waals surface area contributed by atoms with Crippen molar-refractivity contribution in [3.05, 3.63) is 23.2 Å². The number of nitrogens with zero attached hydrogens (tertiary/aromatic N) is 1. The molecule has 0 amide bonds. The van der Waals surface area contributed by atoms with E-state index < -0.39 is 10.0 Å². The van der Waals surface area contributed by atoms with Crippen LogP contribution < -0.4 is 4.72 Å². The normalized spacial score (nSPS) is 18.0. The molecule has 1 fully saturated rings. The standard InChI is InChI=1S/C16H28N2O3S/c1-4-9-22(19,20)17-11-15-5-7-18(8-6-15)12-16-10-13(2)21-14(16)3/h10,15,17H,4-9,11-12H2,1-3H3. The van der Waals surface area contributed by atoms with Crippen molar-refractivity contribution in [2.45, 2.75) is 46.6 Å². The molecule has 1 aromatic rings. The lowest BCUT2D eigenvalue weighted by Gasteiger charge is -2.31. The van der Waals surface area contributed by atoms with Gasteiger partial charge in [0.15, 0.2) is 0 Å². The molecular weight excluding hydrogens is 300 g/mol. The molecule has 0 spiro atoms. The van der Waals surface area contributed by atoms with Crippen LogP contribution in [-0.2, 0) is 16.6 Å². The summed E-state index contributed by atoms with van der Waals surface area (Å²) in [5, 5.41) is 0. The Morgan fingerprint density at radius 3 is 2.55 bits per heavy atom. The first-order valence-electron chi connectivity index (χ1n) is 8.15. The summed E-state index contributed by atoms with van der Waals surface area (Å²) in [5.41, 5.74) is 1.26. The molecule has 6 heteroatoms. The minimum Gasteiger partial charge on any atom is -0.466 e. The van der Waals surface area contributed by atoms with Gasteiger partial charge in [-0.3, -0.25) is 4.90 Å². The molecule has 0 saturated carbocycles. The number of piperidine rings is 1. The molecule has 1 aromatic heterocycles. The lowest BCUT2D eigenvalue weighted by molar-refractivity contribution is 0.178. The van der Waals surface area contributed by atoms with Crippen molar-refractivity contribution in [1.82, 2.24) is 9.62 Å². The van der Waals surface area contributed by atoms with Crippen molar-refractivity contribution in [3.8, 4) is 0 Å². The number of sulfonamides is 1. The van der Waals surface area contributed by atoms with E-state index in [0.29, 0.717) is 18.9 Å². The first-order chi connectivity index (χ1) is 10.4. The Kier molecular flexibility index (Phi) is 6.06. The Morgan fingerprint density at radius 1 is 1.32 bits per heavy atom. The van der Waals surface area contributed by atoms with Crippen molar-refractivity contribution in [3.63, 3.8) is 0 Å². The predicted molar refractivity (Wildman–Crippen MR) is 88.3 cm³/mol. The maximum Gasteiger partial charge on any atom is 0.211 e. The Morgan fingerprint density at radius 2 is 2.00 bits per heavy atom. The maximum absolute atomic E-state index is 11.7. The highest BCUT2D eigenvalue weighted by molar-refractivity contribution is 7.89. The van der Waals surface area contributed by atoms with Crippen LogP contribution in [0, 0.1) is 19.8 Å². The smallest absolute Gasteiger partial charge is 0.211 e. The number of likely N-dealkylation sites (tertiary alicyclic amines) is 1. The molecule has 2 rings (SSSR count). The van der Waals surface area contributed by atoms with E-state index in [1.54, 1.807) is 0 Å². The van der Waals surface area contributed by atoms with Gasteiger partial charge in [0, 0.05) is 18.7 Å². The maximum atomic E-state index is 11.7. The van der Waals surface area contributed by atoms with E-state index in [9.17, 15) is 8.42 Å². The lowest BCUT2D eigenvalue weighted by atomic mass is 9.97. The van der Waals surface area contributed by atoms with Crippen molar-refractivity contribution in [2.24, 2.45) is 5.92 Å². The second-order valence-electron chi connectivity index (χ2n) is 6.33. The molecule has 0 radical (unpaired) electrons. The number of rotatable bonds is 7. The molecule has 0 bridgehead atoms. The minimum absolute atomic E-state index is 0.227. The summed E-state index contributed by atoms with van der Waals surface area (Å²) in [5.74, 6) is 2.65. The third-order valence-corrected chi connectivity index (χ3v) is 5.86. The SMILES string of the molecule is CCCS(=O)(=O)NCC1CCN(Cc2cc(C)oc2C)CC1. The Hall–Kier alpha value is -0.850. The Bertz CT molecular complexity index is 572. The van der Waals surface area contributed by atoms with E-state index in [-0.39, 0.29) is 5.75 Å². The molecule has 5 nitrogen and oxygen atoms in total. The zero-order valence-electron chi connectivity index (χ0n) is 13.9. The van der Waals surface area contributed by atoms with Crippen LogP contribution in [0.25, 0.3) is 0 Å². The zero-order chi connectivity index (χ0) is 16.2. The van der Waals surface area contributed by atoms with Crippen LogP contribution in [-0.4, -0.2) is 38.7 Å². The number of hydrogen-bond acceptors (Lipinski definition) is 4. The molecular formula is C16H28N2O3S. The second-order valence-corrected chi connectivity index (χ2v) is 8.25. The van der Waals surface area contributed by atoms with E-state index in [2.05, 4.69) is 15.7 Å². The van der Waals surface area contributed by atoms with Crippen LogP contribution in [0.5, 0.6) is 0 Å². The number of hydrogen-bond donors (Lipinski definition) is 1. The largest absolute Gasteiger partial charge is 0.466 e. The van der Waals surface area contributed by atoms with Gasteiger partial charge < -0.3 is 4.42 Å². The molecule has 22 heavy (non-hydrogen) atoms. The van der Waals surface area contributed by atoms with E-state index in [1.165, 1.54) is 5.56 Å². The highest BCUT2D eigenvalue weighted by atomic mass is 32.2. The van der Waals surface area contributed by atoms with Gasteiger partial charge in [-0.05, 0) is 58.2 Å². The summed E-state index contributed by atoms with van der Waals surface area (Å²) in [6.07, 6.45) is 2.76. The molecule has 1 aliphatic rings. The molecule has 0 unspecified atom stereocenters. The van der Waals surface area contributed by atoms with Gasteiger partial charge in [0.05, 0.1) is 5.75 Å². The van der Waals surface area contributed by atoms with E-state index in [1.807, 2.05) is 20.8 Å². The van der Waals surface area contributed by atoms with Gasteiger partial charge in [-0.15, -0.1) is 0 Å². The number of furan rings is 1. The number of aryl methyl sites for hydroxylation is 2. The van der Waals surface area contributed by atoms with E-state index in [0.717, 1.165) is 44.0 Å². The van der Waals surface area contributed by atoms with Gasteiger partial charge in [-0.1, -0.05) is 6.92 Å². The highest BCUT2D eigenvalue weighted by Crippen LogP contribution is 2.21. The molecule has 1 N–H and O–H groups in total. The Labute approximate surface area is 134 Å². The molecule has 126 valence electrons. The zero-order valence-corrected chi connectivity index (χ0v) is 14.7. The molecule has 1 saturated heterocycles. The molecule has 2 heterocycles. The average Bonchev–Trinajstić information content (AvgIpc) is 2.76. The molecule has 0 aromatic carbocycles. The first-order valence-corrected chi connectivity index (χ1v) is 9.80. The van der Waals surface area contributed by atoms with Gasteiger partial charge in [0.25, 0.3) is 0 Å². The first kappa shape index (κ1) is 17.5. The van der Waals surface area contributed by atoms with E-state index in [4.69, 9.17) is 4.42 Å². The van der Waals surface area contributed by atoms with Gasteiger partial charge in [0.1, 0.15) is 11.5 Å². The van der Waals surface area contributed by atoms with Crippen molar-refractivity contribution < 1.29 is 12.8 Å². The highest BCUT2D eigenvalue weighted by Gasteiger charge is 2.21. The van der Waals surface area contributed by atoms with Crippen LogP contribution >= 0.6 is 0 Å². The van der Waals surface area contributed by atoms with Gasteiger partial charge >= 0.3 is 0 Å². The predicted octanol–water partition coefficient (Wildman–Crippen LogP) is 2.44. The topological polar surface area (TPSA) is 62.6 Å². The lowest BCUT2D eigenvalue weighted by Crippen LogP contribution is -2.38. The molecule has 0 atom stereocenters. The summed E-state index contributed by atoms with van der Waals surface area (Å²) in [4.78, 5) is 2.42. The van der Waals surface area contributed by atoms with Crippen molar-refractivity contribution in [1.29, 1.82) is 0 Å². The van der Waals surface area contributed by atoms with Crippen LogP contribution in [0.1, 0.15) is 43.3 Å². The average molecular weight is 328 g/mol. The summed E-state index contributed by atoms with van der Waals surface area (Å²) >= 11 is 0. The quantitative estimate of drug-likeness (QED) is 0.835. The van der Waals surface area contributed by atoms with Gasteiger partial charge in [-0.25, -0.2) is 13.1 Å². The monoisotopic (exact) mass is 328 g/mol. The fraction of sp³-hybridized carbons (Fsp3) is 0.750. The van der Waals surface area contributed by atoms with Crippen molar-refractivity contribution >= 4 is 10.0 Å². The second kappa shape index (κ2) is 7.62. The third kappa shape index (κ3) is 5.11. The van der Waals surface area contributed by atoms with Crippen LogP contribution in [0.15, 0.2) is 10.5 Å². The minimum atomic E-state index is -3.07. The van der Waals surface area contributed by atoms with Gasteiger partial charge in [0.2, 0.25) is 10.0 Å². The Balaban J connectivity index is 1.75. The van der Waals surface area contributed by atoms with Crippen molar-refractivity contribution in [2.75, 3.05) is 25.4 Å².